The zero-order chi connectivity index (χ0) is 24.6. The van der Waals surface area contributed by atoms with Crippen molar-refractivity contribution in [1.29, 1.82) is 0 Å². The van der Waals surface area contributed by atoms with E-state index in [2.05, 4.69) is 20.8 Å². The molecule has 0 radical (unpaired) electrons. The van der Waals surface area contributed by atoms with Crippen molar-refractivity contribution in [3.63, 3.8) is 0 Å². The maximum Gasteiger partial charge on any atom is 0.212 e. The fraction of sp³-hybridized carbons (Fsp3) is 0.280. The molecule has 2 aromatic carbocycles. The molecule has 4 aromatic rings. The van der Waals surface area contributed by atoms with Crippen LogP contribution in [0.4, 0.5) is 0 Å². The van der Waals surface area contributed by atoms with Crippen LogP contribution in [0, 0.1) is 13.8 Å². The molecule has 1 unspecified atom stereocenters. The smallest absolute Gasteiger partial charge is 0.212 e. The van der Waals surface area contributed by atoms with Gasteiger partial charge in [-0.1, -0.05) is 83.7 Å². The summed E-state index contributed by atoms with van der Waals surface area (Å²) in [7, 11) is 0. The van der Waals surface area contributed by atoms with Crippen LogP contribution in [-0.4, -0.2) is 20.0 Å². The highest BCUT2D eigenvalue weighted by Gasteiger charge is 2.21. The number of aryl methyl sites for hydroxylation is 1. The third-order valence-corrected chi connectivity index (χ3v) is 9.50. The van der Waals surface area contributed by atoms with Gasteiger partial charge in [0, 0.05) is 38.5 Å². The van der Waals surface area contributed by atoms with E-state index < -0.39 is 0 Å². The summed E-state index contributed by atoms with van der Waals surface area (Å²) in [6, 6.07) is 11.2. The average Bonchev–Trinajstić information content (AvgIpc) is 3.33. The lowest BCUT2D eigenvalue weighted by molar-refractivity contribution is 0.825. The second kappa shape index (κ2) is 10.8. The van der Waals surface area contributed by atoms with Crippen LogP contribution < -0.4 is 0 Å². The van der Waals surface area contributed by atoms with Gasteiger partial charge in [0.1, 0.15) is 0 Å². The quantitative estimate of drug-likeness (QED) is 0.207. The monoisotopic (exact) mass is 569 g/mol. The maximum atomic E-state index is 6.44. The molecule has 0 N–H and O–H groups in total. The topological polar surface area (TPSA) is 30.7 Å². The highest BCUT2D eigenvalue weighted by Crippen LogP contribution is 2.42. The van der Waals surface area contributed by atoms with Crippen LogP contribution >= 0.6 is 69.5 Å². The van der Waals surface area contributed by atoms with Crippen LogP contribution in [0.1, 0.15) is 42.8 Å². The molecule has 2 aromatic heterocycles. The third kappa shape index (κ3) is 5.45. The zero-order valence-electron chi connectivity index (χ0n) is 19.1. The number of rotatable bonds is 7. The largest absolute Gasteiger partial charge is 0.217 e. The minimum atomic E-state index is 0.456. The number of nitrogens with zero attached hydrogens (tertiary/aromatic N) is 3. The van der Waals surface area contributed by atoms with Crippen molar-refractivity contribution in [3.05, 3.63) is 79.0 Å². The molecule has 0 aliphatic heterocycles. The molecular formula is C25H23Cl4N3S2. The van der Waals surface area contributed by atoms with Crippen molar-refractivity contribution in [2.24, 2.45) is 0 Å². The first-order valence-electron chi connectivity index (χ1n) is 10.8. The molecule has 0 amide bonds. The van der Waals surface area contributed by atoms with Crippen molar-refractivity contribution in [3.8, 4) is 16.4 Å². The van der Waals surface area contributed by atoms with Crippen molar-refractivity contribution in [2.75, 3.05) is 0 Å². The Balaban J connectivity index is 1.77. The summed E-state index contributed by atoms with van der Waals surface area (Å²) < 4.78 is 3.07. The van der Waals surface area contributed by atoms with Gasteiger partial charge in [0.25, 0.3) is 0 Å². The number of hydrogen-bond acceptors (Lipinski definition) is 4. The van der Waals surface area contributed by atoms with Gasteiger partial charge < -0.3 is 0 Å². The van der Waals surface area contributed by atoms with Crippen molar-refractivity contribution in [1.82, 2.24) is 14.8 Å². The van der Waals surface area contributed by atoms with Gasteiger partial charge in [0.2, 0.25) is 5.13 Å². The molecular weight excluding hydrogens is 548 g/mol. The minimum absolute atomic E-state index is 0.456. The molecule has 178 valence electrons. The summed E-state index contributed by atoms with van der Waals surface area (Å²) in [6.45, 7) is 8.50. The molecule has 0 aliphatic carbocycles. The number of thiazole rings is 1. The third-order valence-electron chi connectivity index (χ3n) is 5.67. The molecule has 0 saturated heterocycles. The van der Waals surface area contributed by atoms with Gasteiger partial charge in [-0.25, -0.2) is 9.67 Å². The summed E-state index contributed by atoms with van der Waals surface area (Å²) in [4.78, 5) is 5.01. The highest BCUT2D eigenvalue weighted by molar-refractivity contribution is 8.01. The van der Waals surface area contributed by atoms with Crippen LogP contribution in [0.5, 0.6) is 0 Å². The first-order chi connectivity index (χ1) is 16.2. The highest BCUT2D eigenvalue weighted by atomic mass is 35.5. The number of hydrogen-bond donors (Lipinski definition) is 0. The van der Waals surface area contributed by atoms with Gasteiger partial charge in [-0.15, -0.1) is 11.8 Å². The summed E-state index contributed by atoms with van der Waals surface area (Å²) in [5.41, 5.74) is 5.98. The standard InChI is InChI=1S/C25H23Cl4N3S2/c1-5-13(2)33-24-23(17-7-9-20(27)22(29)11-17)30-25(34-24)32-15(4)19(14(3)31-32)10-16-6-8-18(26)12-21(16)28/h6-9,11-13H,5,10H2,1-4H3. The molecule has 4 rings (SSSR count). The Labute approximate surface area is 228 Å². The maximum absolute atomic E-state index is 6.44. The number of benzene rings is 2. The van der Waals surface area contributed by atoms with Crippen molar-refractivity contribution >= 4 is 69.5 Å². The van der Waals surface area contributed by atoms with Crippen LogP contribution in [0.3, 0.4) is 0 Å². The van der Waals surface area contributed by atoms with E-state index >= 15 is 0 Å². The summed E-state index contributed by atoms with van der Waals surface area (Å²) in [6.07, 6.45) is 1.73. The molecule has 0 saturated carbocycles. The fourth-order valence-corrected chi connectivity index (χ4v) is 6.85. The Morgan fingerprint density at radius 3 is 2.44 bits per heavy atom. The van der Waals surface area contributed by atoms with Gasteiger partial charge in [-0.3, -0.25) is 0 Å². The minimum Gasteiger partial charge on any atom is -0.217 e. The van der Waals surface area contributed by atoms with Gasteiger partial charge in [-0.2, -0.15) is 5.10 Å². The Bertz CT molecular complexity index is 1350. The first-order valence-corrected chi connectivity index (χ1v) is 14.0. The summed E-state index contributed by atoms with van der Waals surface area (Å²) in [5, 5.41) is 8.44. The Morgan fingerprint density at radius 1 is 1.00 bits per heavy atom. The second-order valence-electron chi connectivity index (χ2n) is 8.07. The van der Waals surface area contributed by atoms with Gasteiger partial charge in [0.05, 0.1) is 25.6 Å². The van der Waals surface area contributed by atoms with E-state index in [-0.39, 0.29) is 0 Å². The van der Waals surface area contributed by atoms with Gasteiger partial charge in [0.15, 0.2) is 0 Å². The van der Waals surface area contributed by atoms with Gasteiger partial charge in [-0.05, 0) is 50.1 Å². The molecule has 0 fully saturated rings. The van der Waals surface area contributed by atoms with E-state index in [9.17, 15) is 0 Å². The van der Waals surface area contributed by atoms with E-state index in [1.165, 1.54) is 0 Å². The molecule has 0 aliphatic rings. The van der Waals surface area contributed by atoms with E-state index in [0.29, 0.717) is 31.8 Å². The van der Waals surface area contributed by atoms with Crippen molar-refractivity contribution < 1.29 is 0 Å². The number of halogens is 4. The predicted octanol–water partition coefficient (Wildman–Crippen LogP) is 9.71. The summed E-state index contributed by atoms with van der Waals surface area (Å²) >= 11 is 28.5. The molecule has 0 spiro atoms. The normalized spacial score (nSPS) is 12.4. The lowest BCUT2D eigenvalue weighted by Crippen LogP contribution is -1.99. The van der Waals surface area contributed by atoms with Crippen LogP contribution in [-0.2, 0) is 6.42 Å². The molecule has 2 heterocycles. The Morgan fingerprint density at radius 2 is 1.76 bits per heavy atom. The molecule has 1 atom stereocenters. The lowest BCUT2D eigenvalue weighted by atomic mass is 10.0. The Kier molecular flexibility index (Phi) is 8.23. The SMILES string of the molecule is CCC(C)Sc1sc(-n2nc(C)c(Cc3ccc(Cl)cc3Cl)c2C)nc1-c1ccc(Cl)c(Cl)c1. The summed E-state index contributed by atoms with van der Waals surface area (Å²) in [5.74, 6) is 0. The molecule has 34 heavy (non-hydrogen) atoms. The number of aromatic nitrogens is 3. The second-order valence-corrected chi connectivity index (χ2v) is 12.4. The molecule has 9 heteroatoms. The number of thioether (sulfide) groups is 1. The predicted molar refractivity (Wildman–Crippen MR) is 149 cm³/mol. The zero-order valence-corrected chi connectivity index (χ0v) is 23.8. The van der Waals surface area contributed by atoms with Crippen LogP contribution in [0.15, 0.2) is 40.6 Å². The van der Waals surface area contributed by atoms with E-state index in [1.54, 1.807) is 17.4 Å². The van der Waals surface area contributed by atoms with E-state index in [0.717, 1.165) is 49.5 Å². The van der Waals surface area contributed by atoms with Crippen molar-refractivity contribution in [2.45, 2.75) is 50.0 Å². The molecule has 0 bridgehead atoms. The first kappa shape index (κ1) is 25.9. The molecule has 3 nitrogen and oxygen atoms in total. The van der Waals surface area contributed by atoms with Gasteiger partial charge >= 0.3 is 0 Å². The van der Waals surface area contributed by atoms with Crippen LogP contribution in [0.25, 0.3) is 16.4 Å². The van der Waals surface area contributed by atoms with E-state index in [1.807, 2.05) is 53.7 Å². The van der Waals surface area contributed by atoms with E-state index in [4.69, 9.17) is 56.5 Å². The lowest BCUT2D eigenvalue weighted by Gasteiger charge is -2.08. The van der Waals surface area contributed by atoms with Crippen LogP contribution in [0.2, 0.25) is 20.1 Å². The average molecular weight is 571 g/mol. The fourth-order valence-electron chi connectivity index (χ4n) is 3.53. The Hall–Kier alpha value is -1.21.